The van der Waals surface area contributed by atoms with E-state index >= 15 is 0 Å². The summed E-state index contributed by atoms with van der Waals surface area (Å²) in [5.74, 6) is 1.48. The van der Waals surface area contributed by atoms with Crippen molar-refractivity contribution in [3.63, 3.8) is 0 Å². The van der Waals surface area contributed by atoms with Gasteiger partial charge >= 0.3 is 0 Å². The van der Waals surface area contributed by atoms with Gasteiger partial charge in [-0.2, -0.15) is 5.26 Å². The Hall–Kier alpha value is -0.550. The van der Waals surface area contributed by atoms with Gasteiger partial charge in [-0.3, -0.25) is 4.90 Å². The van der Waals surface area contributed by atoms with Gasteiger partial charge in [0, 0.05) is 0 Å². The Balaban J connectivity index is 2.10. The fourth-order valence-electron chi connectivity index (χ4n) is 3.65. The van der Waals surface area contributed by atoms with Crippen LogP contribution in [0.3, 0.4) is 0 Å². The molecule has 0 bridgehead atoms. The van der Waals surface area contributed by atoms with Crippen molar-refractivity contribution in [2.24, 2.45) is 11.8 Å². The summed E-state index contributed by atoms with van der Waals surface area (Å²) in [4.78, 5) is 2.50. The SMILES string of the molecule is CC(C)C1CCCC(C#N)(N2CCCCC2)C1. The Morgan fingerprint density at radius 2 is 1.88 bits per heavy atom. The fourth-order valence-corrected chi connectivity index (χ4v) is 3.65. The van der Waals surface area contributed by atoms with Crippen LogP contribution in [-0.4, -0.2) is 23.5 Å². The number of nitriles is 1. The maximum absolute atomic E-state index is 9.70. The van der Waals surface area contributed by atoms with Crippen molar-refractivity contribution in [3.05, 3.63) is 0 Å². The van der Waals surface area contributed by atoms with E-state index in [0.29, 0.717) is 0 Å². The third-order valence-electron chi connectivity index (χ3n) is 4.88. The minimum absolute atomic E-state index is 0.117. The predicted octanol–water partition coefficient (Wildman–Crippen LogP) is 3.58. The average Bonchev–Trinajstić information content (AvgIpc) is 2.39. The van der Waals surface area contributed by atoms with Gasteiger partial charge in [0.05, 0.1) is 6.07 Å². The van der Waals surface area contributed by atoms with Crippen molar-refractivity contribution < 1.29 is 0 Å². The zero-order valence-corrected chi connectivity index (χ0v) is 11.4. The Morgan fingerprint density at radius 1 is 1.18 bits per heavy atom. The van der Waals surface area contributed by atoms with E-state index in [9.17, 15) is 5.26 Å². The molecule has 0 aromatic rings. The van der Waals surface area contributed by atoms with Gasteiger partial charge in [-0.05, 0) is 57.0 Å². The molecule has 0 radical (unpaired) electrons. The molecule has 0 N–H and O–H groups in total. The highest BCUT2D eigenvalue weighted by Crippen LogP contribution is 2.40. The van der Waals surface area contributed by atoms with Crippen LogP contribution in [0.1, 0.15) is 58.8 Å². The van der Waals surface area contributed by atoms with E-state index < -0.39 is 0 Å². The van der Waals surface area contributed by atoms with Gasteiger partial charge in [0.15, 0.2) is 0 Å². The summed E-state index contributed by atoms with van der Waals surface area (Å²) in [7, 11) is 0. The molecule has 96 valence electrons. The monoisotopic (exact) mass is 234 g/mol. The largest absolute Gasteiger partial charge is 0.286 e. The number of hydrogen-bond acceptors (Lipinski definition) is 2. The van der Waals surface area contributed by atoms with Gasteiger partial charge in [0.1, 0.15) is 5.54 Å². The quantitative estimate of drug-likeness (QED) is 0.730. The van der Waals surface area contributed by atoms with Crippen LogP contribution in [0.4, 0.5) is 0 Å². The topological polar surface area (TPSA) is 27.0 Å². The van der Waals surface area contributed by atoms with Crippen LogP contribution in [0.15, 0.2) is 0 Å². The normalized spacial score (nSPS) is 35.8. The lowest BCUT2D eigenvalue weighted by Crippen LogP contribution is -2.53. The highest BCUT2D eigenvalue weighted by Gasteiger charge is 2.42. The molecule has 0 amide bonds. The first-order chi connectivity index (χ1) is 8.18. The molecule has 1 aliphatic heterocycles. The Morgan fingerprint density at radius 3 is 2.47 bits per heavy atom. The number of nitrogens with zero attached hydrogens (tertiary/aromatic N) is 2. The van der Waals surface area contributed by atoms with E-state index in [4.69, 9.17) is 0 Å². The van der Waals surface area contributed by atoms with Crippen LogP contribution in [0, 0.1) is 23.2 Å². The van der Waals surface area contributed by atoms with E-state index in [1.807, 2.05) is 0 Å². The molecule has 2 nitrogen and oxygen atoms in total. The number of hydrogen-bond donors (Lipinski definition) is 0. The van der Waals surface area contributed by atoms with Gasteiger partial charge in [-0.25, -0.2) is 0 Å². The van der Waals surface area contributed by atoms with Gasteiger partial charge in [-0.15, -0.1) is 0 Å². The molecule has 1 heterocycles. The smallest absolute Gasteiger partial charge is 0.109 e. The minimum atomic E-state index is -0.117. The van der Waals surface area contributed by atoms with E-state index in [-0.39, 0.29) is 5.54 Å². The summed E-state index contributed by atoms with van der Waals surface area (Å²) < 4.78 is 0. The highest BCUT2D eigenvalue weighted by atomic mass is 15.2. The van der Waals surface area contributed by atoms with Gasteiger partial charge in [-0.1, -0.05) is 26.7 Å². The standard InChI is InChI=1S/C15H26N2/c1-13(2)14-7-6-8-15(11-14,12-16)17-9-4-3-5-10-17/h13-14H,3-11H2,1-2H3. The predicted molar refractivity (Wildman–Crippen MR) is 70.6 cm³/mol. The lowest BCUT2D eigenvalue weighted by Gasteiger charge is -2.46. The summed E-state index contributed by atoms with van der Waals surface area (Å²) in [5.41, 5.74) is -0.117. The highest BCUT2D eigenvalue weighted by molar-refractivity contribution is 5.11. The first-order valence-corrected chi connectivity index (χ1v) is 7.34. The molecule has 17 heavy (non-hydrogen) atoms. The Kier molecular flexibility index (Phi) is 4.09. The van der Waals surface area contributed by atoms with Gasteiger partial charge in [0.25, 0.3) is 0 Å². The molecular formula is C15H26N2. The molecule has 2 fully saturated rings. The van der Waals surface area contributed by atoms with E-state index in [1.54, 1.807) is 0 Å². The average molecular weight is 234 g/mol. The summed E-state index contributed by atoms with van der Waals surface area (Å²) >= 11 is 0. The first kappa shape index (κ1) is 12.9. The molecule has 0 aromatic carbocycles. The van der Waals surface area contributed by atoms with Crippen LogP contribution in [0.25, 0.3) is 0 Å². The maximum Gasteiger partial charge on any atom is 0.109 e. The first-order valence-electron chi connectivity index (χ1n) is 7.34. The van der Waals surface area contributed by atoms with E-state index in [0.717, 1.165) is 37.8 Å². The number of piperidine rings is 1. The van der Waals surface area contributed by atoms with Crippen molar-refractivity contribution in [3.8, 4) is 6.07 Å². The molecular weight excluding hydrogens is 208 g/mol. The zero-order chi connectivity index (χ0) is 12.3. The van der Waals surface area contributed by atoms with Crippen LogP contribution in [0.2, 0.25) is 0 Å². The van der Waals surface area contributed by atoms with Crippen LogP contribution in [-0.2, 0) is 0 Å². The molecule has 0 spiro atoms. The van der Waals surface area contributed by atoms with Crippen molar-refractivity contribution in [2.75, 3.05) is 13.1 Å². The Bertz CT molecular complexity index is 286. The van der Waals surface area contributed by atoms with E-state index in [2.05, 4.69) is 24.8 Å². The van der Waals surface area contributed by atoms with Crippen LogP contribution in [0.5, 0.6) is 0 Å². The summed E-state index contributed by atoms with van der Waals surface area (Å²) in [6, 6.07) is 2.70. The Labute approximate surface area is 106 Å². The summed E-state index contributed by atoms with van der Waals surface area (Å²) in [5, 5.41) is 9.70. The number of likely N-dealkylation sites (tertiary alicyclic amines) is 1. The van der Waals surface area contributed by atoms with Crippen LogP contribution < -0.4 is 0 Å². The summed E-state index contributed by atoms with van der Waals surface area (Å²) in [6.07, 6.45) is 8.72. The molecule has 2 rings (SSSR count). The lowest BCUT2D eigenvalue weighted by atomic mass is 9.71. The molecule has 2 aliphatic rings. The minimum Gasteiger partial charge on any atom is -0.286 e. The fraction of sp³-hybridized carbons (Fsp3) is 0.933. The second-order valence-corrected chi connectivity index (χ2v) is 6.29. The van der Waals surface area contributed by atoms with Crippen LogP contribution >= 0.6 is 0 Å². The molecule has 2 unspecified atom stereocenters. The van der Waals surface area contributed by atoms with Gasteiger partial charge in [0.2, 0.25) is 0 Å². The molecule has 0 aromatic heterocycles. The summed E-state index contributed by atoms with van der Waals surface area (Å²) in [6.45, 7) is 6.93. The van der Waals surface area contributed by atoms with Crippen molar-refractivity contribution in [2.45, 2.75) is 64.3 Å². The molecule has 2 heteroatoms. The molecule has 1 saturated carbocycles. The molecule has 2 atom stereocenters. The van der Waals surface area contributed by atoms with Crippen molar-refractivity contribution >= 4 is 0 Å². The van der Waals surface area contributed by atoms with Crippen molar-refractivity contribution in [1.29, 1.82) is 5.26 Å². The number of rotatable bonds is 2. The van der Waals surface area contributed by atoms with E-state index in [1.165, 1.54) is 32.1 Å². The maximum atomic E-state index is 9.70. The third-order valence-corrected chi connectivity index (χ3v) is 4.88. The van der Waals surface area contributed by atoms with Gasteiger partial charge < -0.3 is 0 Å². The molecule has 1 aliphatic carbocycles. The molecule has 1 saturated heterocycles. The second kappa shape index (κ2) is 5.40. The zero-order valence-electron chi connectivity index (χ0n) is 11.4. The lowest BCUT2D eigenvalue weighted by molar-refractivity contribution is 0.0468. The third kappa shape index (κ3) is 2.65. The van der Waals surface area contributed by atoms with Crippen molar-refractivity contribution in [1.82, 2.24) is 4.90 Å². The second-order valence-electron chi connectivity index (χ2n) is 6.29.